The van der Waals surface area contributed by atoms with Crippen molar-refractivity contribution in [2.75, 3.05) is 6.54 Å². The minimum absolute atomic E-state index is 0.127. The van der Waals surface area contributed by atoms with Gasteiger partial charge in [0.2, 0.25) is 5.91 Å². The summed E-state index contributed by atoms with van der Waals surface area (Å²) in [5.41, 5.74) is 3.76. The fourth-order valence-electron chi connectivity index (χ4n) is 4.64. The minimum atomic E-state index is -0.517. The van der Waals surface area contributed by atoms with Crippen LogP contribution in [0.3, 0.4) is 0 Å². The van der Waals surface area contributed by atoms with E-state index in [1.165, 1.54) is 0 Å². The fourth-order valence-corrected chi connectivity index (χ4v) is 4.64. The SMILES string of the molecule is C[C@@]12CN(Cc3ccccc3)C(=O)[C@H]1c1cccc(OCc3ccccc3)c1CO2. The number of rotatable bonds is 5. The Morgan fingerprint density at radius 2 is 1.67 bits per heavy atom. The number of ether oxygens (including phenoxy) is 2. The molecule has 5 rings (SSSR count). The average Bonchev–Trinajstić information content (AvgIpc) is 3.03. The summed E-state index contributed by atoms with van der Waals surface area (Å²) in [5, 5.41) is 0. The summed E-state index contributed by atoms with van der Waals surface area (Å²) in [6, 6.07) is 26.2. The maximum absolute atomic E-state index is 13.4. The number of hydrogen-bond acceptors (Lipinski definition) is 3. The van der Waals surface area contributed by atoms with E-state index in [9.17, 15) is 4.79 Å². The monoisotopic (exact) mass is 399 g/mol. The maximum atomic E-state index is 13.4. The Balaban J connectivity index is 1.41. The first-order chi connectivity index (χ1) is 14.6. The van der Waals surface area contributed by atoms with Crippen LogP contribution in [-0.2, 0) is 29.3 Å². The number of hydrogen-bond donors (Lipinski definition) is 0. The van der Waals surface area contributed by atoms with Crippen molar-refractivity contribution in [2.45, 2.75) is 38.2 Å². The number of amides is 1. The fraction of sp³-hybridized carbons (Fsp3) is 0.269. The zero-order chi connectivity index (χ0) is 20.6. The third kappa shape index (κ3) is 3.37. The molecule has 1 saturated heterocycles. The van der Waals surface area contributed by atoms with Gasteiger partial charge in [-0.3, -0.25) is 4.79 Å². The second-order valence-electron chi connectivity index (χ2n) is 8.31. The van der Waals surface area contributed by atoms with Crippen molar-refractivity contribution in [1.29, 1.82) is 0 Å². The minimum Gasteiger partial charge on any atom is -0.489 e. The molecule has 152 valence electrons. The first-order valence-electron chi connectivity index (χ1n) is 10.4. The number of benzene rings is 3. The molecule has 0 N–H and O–H groups in total. The molecule has 2 aliphatic rings. The van der Waals surface area contributed by atoms with Gasteiger partial charge in [0, 0.05) is 12.1 Å². The Morgan fingerprint density at radius 1 is 0.967 bits per heavy atom. The van der Waals surface area contributed by atoms with Crippen LogP contribution >= 0.6 is 0 Å². The van der Waals surface area contributed by atoms with E-state index in [2.05, 4.69) is 25.1 Å². The smallest absolute Gasteiger partial charge is 0.233 e. The summed E-state index contributed by atoms with van der Waals surface area (Å²) < 4.78 is 12.4. The highest BCUT2D eigenvalue weighted by Crippen LogP contribution is 2.47. The largest absolute Gasteiger partial charge is 0.489 e. The van der Waals surface area contributed by atoms with Crippen LogP contribution in [-0.4, -0.2) is 23.0 Å². The Hall–Kier alpha value is -3.11. The molecule has 1 amide bonds. The van der Waals surface area contributed by atoms with Crippen LogP contribution in [0.4, 0.5) is 0 Å². The Kier molecular flexibility index (Phi) is 4.80. The first kappa shape index (κ1) is 18.9. The van der Waals surface area contributed by atoms with Gasteiger partial charge in [-0.2, -0.15) is 0 Å². The number of nitrogens with zero attached hydrogens (tertiary/aromatic N) is 1. The van der Waals surface area contributed by atoms with Gasteiger partial charge in [0.05, 0.1) is 24.7 Å². The summed E-state index contributed by atoms with van der Waals surface area (Å²) in [5.74, 6) is 0.625. The van der Waals surface area contributed by atoms with Crippen molar-refractivity contribution in [3.63, 3.8) is 0 Å². The second-order valence-corrected chi connectivity index (χ2v) is 8.31. The molecular formula is C26H25NO3. The summed E-state index contributed by atoms with van der Waals surface area (Å²) in [6.45, 7) is 4.21. The van der Waals surface area contributed by atoms with Crippen LogP contribution in [0.2, 0.25) is 0 Å². The number of carbonyl (C=O) groups is 1. The highest BCUT2D eigenvalue weighted by Gasteiger charge is 2.53. The summed E-state index contributed by atoms with van der Waals surface area (Å²) >= 11 is 0. The molecule has 3 aromatic carbocycles. The van der Waals surface area contributed by atoms with Gasteiger partial charge >= 0.3 is 0 Å². The Labute approximate surface area is 177 Å². The average molecular weight is 399 g/mol. The number of carbonyl (C=O) groups excluding carboxylic acids is 1. The molecule has 0 spiro atoms. The van der Waals surface area contributed by atoms with E-state index in [1.54, 1.807) is 0 Å². The van der Waals surface area contributed by atoms with Crippen molar-refractivity contribution < 1.29 is 14.3 Å². The van der Waals surface area contributed by atoms with Crippen LogP contribution < -0.4 is 4.74 Å². The molecule has 3 aromatic rings. The van der Waals surface area contributed by atoms with Gasteiger partial charge in [-0.05, 0) is 29.7 Å². The van der Waals surface area contributed by atoms with Crippen molar-refractivity contribution >= 4 is 5.91 Å². The van der Waals surface area contributed by atoms with Crippen LogP contribution in [0, 0.1) is 0 Å². The van der Waals surface area contributed by atoms with Gasteiger partial charge in [0.1, 0.15) is 12.4 Å². The number of likely N-dealkylation sites (tertiary alicyclic amines) is 1. The lowest BCUT2D eigenvalue weighted by atomic mass is 9.81. The molecule has 0 aliphatic carbocycles. The van der Waals surface area contributed by atoms with Crippen molar-refractivity contribution in [3.8, 4) is 5.75 Å². The van der Waals surface area contributed by atoms with E-state index in [-0.39, 0.29) is 11.8 Å². The molecule has 0 unspecified atom stereocenters. The Morgan fingerprint density at radius 3 is 2.40 bits per heavy atom. The molecule has 0 aromatic heterocycles. The third-order valence-corrected chi connectivity index (χ3v) is 6.15. The van der Waals surface area contributed by atoms with E-state index in [4.69, 9.17) is 9.47 Å². The van der Waals surface area contributed by atoms with Crippen molar-refractivity contribution in [1.82, 2.24) is 4.90 Å². The van der Waals surface area contributed by atoms with Crippen LogP contribution in [0.25, 0.3) is 0 Å². The third-order valence-electron chi connectivity index (χ3n) is 6.15. The van der Waals surface area contributed by atoms with Crippen molar-refractivity contribution in [3.05, 3.63) is 101 Å². The highest BCUT2D eigenvalue weighted by molar-refractivity contribution is 5.89. The zero-order valence-corrected chi connectivity index (χ0v) is 17.1. The molecule has 2 aliphatic heterocycles. The van der Waals surface area contributed by atoms with Gasteiger partial charge in [-0.1, -0.05) is 72.8 Å². The standard InChI is InChI=1S/C26H25NO3/c1-26-18-27(15-19-9-4-2-5-10-19)25(28)24(26)21-13-8-14-23(22(21)17-30-26)29-16-20-11-6-3-7-12-20/h2-14,24H,15-18H2,1H3/t24-,26-/m1/s1. The second kappa shape index (κ2) is 7.62. The van der Waals surface area contributed by atoms with Gasteiger partial charge in [0.25, 0.3) is 0 Å². The normalized spacial score (nSPS) is 22.5. The molecule has 2 heterocycles. The van der Waals surface area contributed by atoms with Crippen LogP contribution in [0.5, 0.6) is 5.75 Å². The van der Waals surface area contributed by atoms with E-state index in [1.807, 2.05) is 65.6 Å². The molecule has 0 radical (unpaired) electrons. The molecule has 0 bridgehead atoms. The molecule has 30 heavy (non-hydrogen) atoms. The van der Waals surface area contributed by atoms with Crippen LogP contribution in [0.15, 0.2) is 78.9 Å². The molecule has 4 heteroatoms. The lowest BCUT2D eigenvalue weighted by molar-refractivity contribution is -0.131. The lowest BCUT2D eigenvalue weighted by Crippen LogP contribution is -2.40. The van der Waals surface area contributed by atoms with Gasteiger partial charge in [-0.25, -0.2) is 0 Å². The van der Waals surface area contributed by atoms with E-state index in [0.29, 0.717) is 26.3 Å². The van der Waals surface area contributed by atoms with Gasteiger partial charge in [-0.15, -0.1) is 0 Å². The lowest BCUT2D eigenvalue weighted by Gasteiger charge is -2.36. The molecule has 0 saturated carbocycles. The Bertz CT molecular complexity index is 1050. The van der Waals surface area contributed by atoms with Gasteiger partial charge in [0.15, 0.2) is 0 Å². The van der Waals surface area contributed by atoms with Crippen molar-refractivity contribution in [2.24, 2.45) is 0 Å². The van der Waals surface area contributed by atoms with E-state index >= 15 is 0 Å². The zero-order valence-electron chi connectivity index (χ0n) is 17.1. The highest BCUT2D eigenvalue weighted by atomic mass is 16.5. The quantitative estimate of drug-likeness (QED) is 0.625. The predicted octanol–water partition coefficient (Wildman–Crippen LogP) is 4.68. The molecule has 2 atom stereocenters. The first-order valence-corrected chi connectivity index (χ1v) is 10.4. The topological polar surface area (TPSA) is 38.8 Å². The molecular weight excluding hydrogens is 374 g/mol. The number of fused-ring (bicyclic) bond motifs is 3. The van der Waals surface area contributed by atoms with Crippen LogP contribution in [0.1, 0.15) is 35.1 Å². The predicted molar refractivity (Wildman–Crippen MR) is 115 cm³/mol. The summed E-state index contributed by atoms with van der Waals surface area (Å²) in [7, 11) is 0. The molecule has 1 fully saturated rings. The maximum Gasteiger partial charge on any atom is 0.233 e. The summed E-state index contributed by atoms with van der Waals surface area (Å²) in [6.07, 6.45) is 0. The van der Waals surface area contributed by atoms with E-state index in [0.717, 1.165) is 28.0 Å². The van der Waals surface area contributed by atoms with Gasteiger partial charge < -0.3 is 14.4 Å². The van der Waals surface area contributed by atoms with E-state index < -0.39 is 5.60 Å². The summed E-state index contributed by atoms with van der Waals surface area (Å²) in [4.78, 5) is 15.3. The molecule has 4 nitrogen and oxygen atoms in total.